The van der Waals surface area contributed by atoms with E-state index in [1.54, 1.807) is 20.8 Å². The van der Waals surface area contributed by atoms with Crippen LogP contribution in [0.5, 0.6) is 0 Å². The minimum Gasteiger partial charge on any atom is -0.462 e. The van der Waals surface area contributed by atoms with Gasteiger partial charge in [0.1, 0.15) is 29.7 Å². The van der Waals surface area contributed by atoms with Gasteiger partial charge in [-0.1, -0.05) is 24.6 Å². The van der Waals surface area contributed by atoms with Crippen LogP contribution in [0.4, 0.5) is 23.8 Å². The third-order valence-corrected chi connectivity index (χ3v) is 7.02. The molecule has 2 heterocycles. The van der Waals surface area contributed by atoms with E-state index in [0.29, 0.717) is 25.0 Å². The number of nitrogens with zero attached hydrogens (tertiary/aromatic N) is 3. The zero-order chi connectivity index (χ0) is 30.2. The minimum absolute atomic E-state index is 0.0161. The zero-order valence-corrected chi connectivity index (χ0v) is 24.0. The molecule has 0 saturated carbocycles. The van der Waals surface area contributed by atoms with Crippen LogP contribution in [0.25, 0.3) is 0 Å². The average Bonchev–Trinajstić information content (AvgIpc) is 3.34. The number of nitrogens with two attached hydrogens (primary N) is 1. The molecular weight excluding hydrogens is 565 g/mol. The summed E-state index contributed by atoms with van der Waals surface area (Å²) >= 11 is 1.41. The minimum atomic E-state index is -4.55. The summed E-state index contributed by atoms with van der Waals surface area (Å²) in [4.78, 5) is 41.9. The summed E-state index contributed by atoms with van der Waals surface area (Å²) in [6, 6.07) is 6.62. The molecule has 2 aromatic rings. The zero-order valence-electron chi connectivity index (χ0n) is 23.2. The highest BCUT2D eigenvalue weighted by Crippen LogP contribution is 2.33. The molecule has 1 aliphatic rings. The maximum atomic E-state index is 13.5. The van der Waals surface area contributed by atoms with Crippen molar-refractivity contribution in [3.05, 3.63) is 58.1 Å². The summed E-state index contributed by atoms with van der Waals surface area (Å²) in [5.41, 5.74) is 2.90. The van der Waals surface area contributed by atoms with Gasteiger partial charge in [-0.2, -0.15) is 18.2 Å². The number of esters is 1. The number of ether oxygens (including phenoxy) is 3. The number of anilines is 1. The molecule has 1 aromatic heterocycles. The van der Waals surface area contributed by atoms with Crippen molar-refractivity contribution < 1.29 is 37.0 Å². The molecule has 14 heteroatoms. The van der Waals surface area contributed by atoms with E-state index in [9.17, 15) is 27.6 Å². The molecule has 1 amide bonds. The summed E-state index contributed by atoms with van der Waals surface area (Å²) in [5.74, 6) is 0.175. The van der Waals surface area contributed by atoms with Gasteiger partial charge in [0, 0.05) is 31.5 Å². The van der Waals surface area contributed by atoms with Crippen molar-refractivity contribution >= 4 is 29.6 Å². The van der Waals surface area contributed by atoms with Crippen LogP contribution in [0.2, 0.25) is 0 Å². The van der Waals surface area contributed by atoms with E-state index in [0.717, 1.165) is 6.07 Å². The molecule has 0 radical (unpaired) electrons. The number of carbonyl (C=O) groups excluding carboxylic acids is 2. The van der Waals surface area contributed by atoms with Crippen molar-refractivity contribution in [1.82, 2.24) is 14.5 Å². The number of alkyl halides is 3. The van der Waals surface area contributed by atoms with Crippen LogP contribution in [0.3, 0.4) is 0 Å². The number of unbranched alkanes of at least 4 members (excludes halogenated alkanes) is 2. The number of hydrogen-bond donors (Lipinski definition) is 1. The molecule has 1 saturated heterocycles. The van der Waals surface area contributed by atoms with E-state index in [1.165, 1.54) is 51.7 Å². The fourth-order valence-corrected chi connectivity index (χ4v) is 4.99. The van der Waals surface area contributed by atoms with Gasteiger partial charge in [-0.3, -0.25) is 9.36 Å². The largest absolute Gasteiger partial charge is 0.462 e. The molecule has 3 rings (SSSR count). The van der Waals surface area contributed by atoms with E-state index >= 15 is 0 Å². The van der Waals surface area contributed by atoms with Crippen molar-refractivity contribution in [3.8, 4) is 0 Å². The first-order valence-electron chi connectivity index (χ1n) is 13.1. The molecule has 10 nitrogen and oxygen atoms in total. The second-order valence-corrected chi connectivity index (χ2v) is 11.6. The lowest BCUT2D eigenvalue weighted by atomic mass is 10.1. The van der Waals surface area contributed by atoms with Gasteiger partial charge in [0.05, 0.1) is 5.56 Å². The van der Waals surface area contributed by atoms with Gasteiger partial charge in [-0.05, 0) is 51.3 Å². The lowest BCUT2D eigenvalue weighted by molar-refractivity contribution is -0.147. The summed E-state index contributed by atoms with van der Waals surface area (Å²) in [6.45, 7) is 4.96. The highest BCUT2D eigenvalue weighted by atomic mass is 32.2. The van der Waals surface area contributed by atoms with Crippen LogP contribution in [-0.2, 0) is 31.7 Å². The Kier molecular flexibility index (Phi) is 11.1. The molecule has 1 aliphatic heterocycles. The maximum absolute atomic E-state index is 13.5. The van der Waals surface area contributed by atoms with Crippen molar-refractivity contribution in [2.24, 2.45) is 0 Å². The van der Waals surface area contributed by atoms with Gasteiger partial charge >= 0.3 is 23.9 Å². The van der Waals surface area contributed by atoms with Crippen LogP contribution in [0.1, 0.15) is 63.8 Å². The fraction of sp³-hybridized carbons (Fsp3) is 0.556. The van der Waals surface area contributed by atoms with Crippen LogP contribution in [0, 0.1) is 0 Å². The van der Waals surface area contributed by atoms with Gasteiger partial charge < -0.3 is 24.8 Å². The number of amides is 1. The Balaban J connectivity index is 1.43. The van der Waals surface area contributed by atoms with E-state index in [2.05, 4.69) is 4.98 Å². The van der Waals surface area contributed by atoms with Crippen LogP contribution < -0.4 is 11.4 Å². The number of aromatic nitrogens is 2. The Hall–Kier alpha value is -3.26. The molecule has 226 valence electrons. The van der Waals surface area contributed by atoms with Crippen LogP contribution in [0.15, 0.2) is 41.3 Å². The highest BCUT2D eigenvalue weighted by molar-refractivity contribution is 8.00. The Morgan fingerprint density at radius 2 is 1.90 bits per heavy atom. The van der Waals surface area contributed by atoms with E-state index < -0.39 is 46.8 Å². The fourth-order valence-electron chi connectivity index (χ4n) is 4.01. The number of rotatable bonds is 11. The Bertz CT molecular complexity index is 1250. The van der Waals surface area contributed by atoms with E-state index in [-0.39, 0.29) is 37.5 Å². The molecule has 2 atom stereocenters. The predicted octanol–water partition coefficient (Wildman–Crippen LogP) is 4.97. The number of carbonyl (C=O) groups is 2. The summed E-state index contributed by atoms with van der Waals surface area (Å²) in [5, 5.41) is 0. The number of benzene rings is 1. The quantitative estimate of drug-likeness (QED) is 0.281. The first-order valence-corrected chi connectivity index (χ1v) is 14.2. The van der Waals surface area contributed by atoms with Gasteiger partial charge in [-0.15, -0.1) is 11.8 Å². The normalized spacial score (nSPS) is 17.3. The summed E-state index contributed by atoms with van der Waals surface area (Å²) < 4.78 is 58.3. The maximum Gasteiger partial charge on any atom is 0.416 e. The molecule has 41 heavy (non-hydrogen) atoms. The van der Waals surface area contributed by atoms with E-state index in [4.69, 9.17) is 19.9 Å². The molecule has 0 spiro atoms. The molecule has 1 fully saturated rings. The lowest BCUT2D eigenvalue weighted by Gasteiger charge is -2.28. The van der Waals surface area contributed by atoms with Crippen LogP contribution >= 0.6 is 11.8 Å². The standard InChI is InChI=1S/C27H35F3N4O6S/c1-26(2,3)40-25(37)33(15-18-9-6-7-10-19(18)27(28,29)30)13-8-4-5-11-22(35)38-16-23-39-21(17-41-23)34-14-12-20(31)32-24(34)36/h6-7,9-10,12,14,21,23H,4-5,8,11,13,15-17H2,1-3H3,(H2,31,32,36). The smallest absolute Gasteiger partial charge is 0.416 e. The lowest BCUT2D eigenvalue weighted by Crippen LogP contribution is -2.37. The van der Waals surface area contributed by atoms with Crippen molar-refractivity contribution in [2.45, 2.75) is 76.4 Å². The van der Waals surface area contributed by atoms with Gasteiger partial charge in [0.2, 0.25) is 0 Å². The molecule has 2 N–H and O–H groups in total. The SMILES string of the molecule is CC(C)(C)OC(=O)N(CCCCCC(=O)OCC1OC(n2ccc(N)nc2=O)CS1)Cc1ccccc1C(F)(F)F. The van der Waals surface area contributed by atoms with Gasteiger partial charge in [-0.25, -0.2) is 9.59 Å². The monoisotopic (exact) mass is 600 g/mol. The number of nitrogen functional groups attached to an aromatic ring is 1. The molecule has 0 aliphatic carbocycles. The highest BCUT2D eigenvalue weighted by Gasteiger charge is 2.34. The van der Waals surface area contributed by atoms with Crippen molar-refractivity contribution in [3.63, 3.8) is 0 Å². The Labute approximate surface area is 240 Å². The first kappa shape index (κ1) is 32.3. The Morgan fingerprint density at radius 3 is 2.59 bits per heavy atom. The molecule has 1 aromatic carbocycles. The summed E-state index contributed by atoms with van der Waals surface area (Å²) in [6.07, 6.45) is -2.71. The number of hydrogen-bond acceptors (Lipinski definition) is 9. The molecular formula is C27H35F3N4O6S. The predicted molar refractivity (Wildman–Crippen MR) is 147 cm³/mol. The molecule has 0 bridgehead atoms. The van der Waals surface area contributed by atoms with E-state index in [1.807, 2.05) is 0 Å². The third-order valence-electron chi connectivity index (χ3n) is 5.92. The first-order chi connectivity index (χ1) is 19.2. The third kappa shape index (κ3) is 10.3. The number of halogens is 3. The average molecular weight is 601 g/mol. The summed E-state index contributed by atoms with van der Waals surface area (Å²) in [7, 11) is 0. The topological polar surface area (TPSA) is 126 Å². The second kappa shape index (κ2) is 14.1. The number of thioether (sulfide) groups is 1. The molecule has 2 unspecified atom stereocenters. The van der Waals surface area contributed by atoms with Crippen molar-refractivity contribution in [2.75, 3.05) is 24.6 Å². The van der Waals surface area contributed by atoms with Gasteiger partial charge in [0.15, 0.2) is 0 Å². The Morgan fingerprint density at radius 1 is 1.17 bits per heavy atom. The van der Waals surface area contributed by atoms with Crippen LogP contribution in [-0.4, -0.2) is 56.5 Å². The van der Waals surface area contributed by atoms with Crippen molar-refractivity contribution in [1.29, 1.82) is 0 Å². The van der Waals surface area contributed by atoms with Gasteiger partial charge in [0.25, 0.3) is 0 Å². The second-order valence-electron chi connectivity index (χ2n) is 10.4.